The van der Waals surface area contributed by atoms with Crippen LogP contribution in [0.5, 0.6) is 0 Å². The lowest BCUT2D eigenvalue weighted by molar-refractivity contribution is 0.740. The molecule has 0 saturated heterocycles. The number of aryl methyl sites for hydroxylation is 1. The first kappa shape index (κ1) is 15.3. The third kappa shape index (κ3) is 5.06. The Hall–Kier alpha value is -2.10. The summed E-state index contributed by atoms with van der Waals surface area (Å²) in [5, 5.41) is 6.57. The van der Waals surface area contributed by atoms with Gasteiger partial charge in [-0.25, -0.2) is 4.98 Å². The molecule has 0 bridgehead atoms. The molecule has 0 aliphatic rings. The fraction of sp³-hybridized carbons (Fsp3) is 0.412. The Labute approximate surface area is 127 Å². The molecule has 21 heavy (non-hydrogen) atoms. The van der Waals surface area contributed by atoms with Gasteiger partial charge < -0.3 is 10.6 Å². The first-order valence-electron chi connectivity index (χ1n) is 7.74. The van der Waals surface area contributed by atoms with Crippen LogP contribution in [0.2, 0.25) is 0 Å². The van der Waals surface area contributed by atoms with Gasteiger partial charge in [0, 0.05) is 18.4 Å². The number of anilines is 3. The second kappa shape index (κ2) is 8.25. The maximum absolute atomic E-state index is 4.47. The molecule has 2 N–H and O–H groups in total. The lowest BCUT2D eigenvalue weighted by Crippen LogP contribution is -2.06. The Bertz CT molecular complexity index is 537. The van der Waals surface area contributed by atoms with E-state index in [0.717, 1.165) is 30.9 Å². The molecular formula is C17H24N4. The second-order valence-electron chi connectivity index (χ2n) is 5.07. The second-order valence-corrected chi connectivity index (χ2v) is 5.07. The van der Waals surface area contributed by atoms with E-state index in [-0.39, 0.29) is 0 Å². The minimum atomic E-state index is 0.682. The summed E-state index contributed by atoms with van der Waals surface area (Å²) in [5.41, 5.74) is 2.38. The number of unbranched alkanes of at least 4 members (excludes halogenated alkanes) is 2. The molecule has 112 valence electrons. The highest BCUT2D eigenvalue weighted by Crippen LogP contribution is 2.16. The molecule has 1 heterocycles. The first-order chi connectivity index (χ1) is 10.3. The first-order valence-corrected chi connectivity index (χ1v) is 7.74. The van der Waals surface area contributed by atoms with Gasteiger partial charge in [0.15, 0.2) is 0 Å². The van der Waals surface area contributed by atoms with Crippen LogP contribution in [0.15, 0.2) is 36.5 Å². The van der Waals surface area contributed by atoms with E-state index < -0.39 is 0 Å². The van der Waals surface area contributed by atoms with Crippen molar-refractivity contribution in [2.45, 2.75) is 39.5 Å². The fourth-order valence-corrected chi connectivity index (χ4v) is 2.06. The van der Waals surface area contributed by atoms with Gasteiger partial charge >= 0.3 is 0 Å². The molecular weight excluding hydrogens is 260 g/mol. The molecule has 4 heteroatoms. The van der Waals surface area contributed by atoms with Crippen molar-refractivity contribution in [3.63, 3.8) is 0 Å². The molecule has 1 aromatic carbocycles. The molecule has 0 radical (unpaired) electrons. The van der Waals surface area contributed by atoms with E-state index >= 15 is 0 Å². The zero-order valence-electron chi connectivity index (χ0n) is 12.9. The van der Waals surface area contributed by atoms with Crippen molar-refractivity contribution in [3.8, 4) is 0 Å². The molecule has 0 aliphatic carbocycles. The minimum Gasteiger partial charge on any atom is -0.354 e. The van der Waals surface area contributed by atoms with Gasteiger partial charge in [0.1, 0.15) is 5.82 Å². The third-order valence-corrected chi connectivity index (χ3v) is 3.35. The molecule has 2 aromatic rings. The van der Waals surface area contributed by atoms with E-state index in [1.165, 1.54) is 18.4 Å². The van der Waals surface area contributed by atoms with Crippen LogP contribution in [-0.2, 0) is 6.42 Å². The lowest BCUT2D eigenvalue weighted by atomic mass is 10.1. The number of hydrogen-bond acceptors (Lipinski definition) is 4. The quantitative estimate of drug-likeness (QED) is 0.706. The largest absolute Gasteiger partial charge is 0.354 e. The lowest BCUT2D eigenvalue weighted by Gasteiger charge is -2.08. The van der Waals surface area contributed by atoms with Crippen molar-refractivity contribution >= 4 is 17.5 Å². The maximum Gasteiger partial charge on any atom is 0.224 e. The van der Waals surface area contributed by atoms with Crippen LogP contribution in [-0.4, -0.2) is 16.5 Å². The summed E-state index contributed by atoms with van der Waals surface area (Å²) < 4.78 is 0. The van der Waals surface area contributed by atoms with Crippen LogP contribution in [0.3, 0.4) is 0 Å². The van der Waals surface area contributed by atoms with E-state index in [4.69, 9.17) is 0 Å². The number of rotatable bonds is 8. The zero-order chi connectivity index (χ0) is 14.9. The van der Waals surface area contributed by atoms with Crippen LogP contribution >= 0.6 is 0 Å². The third-order valence-electron chi connectivity index (χ3n) is 3.35. The van der Waals surface area contributed by atoms with Crippen LogP contribution < -0.4 is 10.6 Å². The van der Waals surface area contributed by atoms with Gasteiger partial charge in [0.2, 0.25) is 5.95 Å². The van der Waals surface area contributed by atoms with Gasteiger partial charge in [0.25, 0.3) is 0 Å². The maximum atomic E-state index is 4.47. The summed E-state index contributed by atoms with van der Waals surface area (Å²) in [6, 6.07) is 10.3. The predicted molar refractivity (Wildman–Crippen MR) is 89.1 cm³/mol. The van der Waals surface area contributed by atoms with Crippen molar-refractivity contribution in [2.75, 3.05) is 17.2 Å². The Kier molecular flexibility index (Phi) is 6.00. The van der Waals surface area contributed by atoms with E-state index in [1.807, 2.05) is 6.07 Å². The summed E-state index contributed by atoms with van der Waals surface area (Å²) in [7, 11) is 0. The molecule has 0 unspecified atom stereocenters. The van der Waals surface area contributed by atoms with Gasteiger partial charge in [-0.1, -0.05) is 38.8 Å². The average Bonchev–Trinajstić information content (AvgIpc) is 2.53. The van der Waals surface area contributed by atoms with Gasteiger partial charge in [-0.2, -0.15) is 4.98 Å². The summed E-state index contributed by atoms with van der Waals surface area (Å²) in [6.07, 6.45) is 6.43. The molecule has 4 nitrogen and oxygen atoms in total. The van der Waals surface area contributed by atoms with Crippen LogP contribution in [0.25, 0.3) is 0 Å². The van der Waals surface area contributed by atoms with Gasteiger partial charge in [-0.3, -0.25) is 0 Å². The van der Waals surface area contributed by atoms with Crippen molar-refractivity contribution in [3.05, 3.63) is 42.1 Å². The summed E-state index contributed by atoms with van der Waals surface area (Å²) >= 11 is 0. The highest BCUT2D eigenvalue weighted by atomic mass is 15.1. The topological polar surface area (TPSA) is 49.8 Å². The Morgan fingerprint density at radius 2 is 1.81 bits per heavy atom. The smallest absolute Gasteiger partial charge is 0.224 e. The molecule has 0 spiro atoms. The van der Waals surface area contributed by atoms with Crippen molar-refractivity contribution < 1.29 is 0 Å². The van der Waals surface area contributed by atoms with Crippen molar-refractivity contribution in [2.24, 2.45) is 0 Å². The summed E-state index contributed by atoms with van der Waals surface area (Å²) in [5.74, 6) is 1.49. The number of benzene rings is 1. The minimum absolute atomic E-state index is 0.682. The Balaban J connectivity index is 1.93. The number of aromatic nitrogens is 2. The van der Waals surface area contributed by atoms with Crippen LogP contribution in [0.4, 0.5) is 17.5 Å². The van der Waals surface area contributed by atoms with Gasteiger partial charge in [-0.05, 0) is 36.6 Å². The molecule has 1 aromatic heterocycles. The number of nitrogens with one attached hydrogen (secondary N) is 2. The predicted octanol–water partition coefficient (Wildman–Crippen LogP) is 4.38. The Morgan fingerprint density at radius 3 is 2.52 bits per heavy atom. The molecule has 0 amide bonds. The molecule has 0 atom stereocenters. The average molecular weight is 284 g/mol. The Morgan fingerprint density at radius 1 is 1.00 bits per heavy atom. The van der Waals surface area contributed by atoms with Crippen LogP contribution in [0, 0.1) is 0 Å². The standard InChI is InChI=1S/C17H24N4/c1-3-5-6-12-18-17-19-13-11-16(21-17)20-15-9-7-14(4-2)8-10-15/h7-11,13H,3-6,12H2,1-2H3,(H2,18,19,20,21). The molecule has 0 saturated carbocycles. The number of hydrogen-bond donors (Lipinski definition) is 2. The highest BCUT2D eigenvalue weighted by Gasteiger charge is 2.00. The van der Waals surface area contributed by atoms with Crippen molar-refractivity contribution in [1.82, 2.24) is 9.97 Å². The summed E-state index contributed by atoms with van der Waals surface area (Å²) in [4.78, 5) is 8.72. The van der Waals surface area contributed by atoms with E-state index in [2.05, 4.69) is 58.7 Å². The van der Waals surface area contributed by atoms with Gasteiger partial charge in [0.05, 0.1) is 0 Å². The normalized spacial score (nSPS) is 10.4. The molecule has 2 rings (SSSR count). The monoisotopic (exact) mass is 284 g/mol. The SMILES string of the molecule is CCCCCNc1nccc(Nc2ccc(CC)cc2)n1. The molecule has 0 aliphatic heterocycles. The van der Waals surface area contributed by atoms with E-state index in [9.17, 15) is 0 Å². The highest BCUT2D eigenvalue weighted by molar-refractivity contribution is 5.57. The van der Waals surface area contributed by atoms with E-state index in [0.29, 0.717) is 5.95 Å². The summed E-state index contributed by atoms with van der Waals surface area (Å²) in [6.45, 7) is 5.27. The van der Waals surface area contributed by atoms with E-state index in [1.54, 1.807) is 6.20 Å². The molecule has 0 fully saturated rings. The van der Waals surface area contributed by atoms with Crippen LogP contribution in [0.1, 0.15) is 38.7 Å². The zero-order valence-corrected chi connectivity index (χ0v) is 12.9. The fourth-order valence-electron chi connectivity index (χ4n) is 2.06. The van der Waals surface area contributed by atoms with Gasteiger partial charge in [-0.15, -0.1) is 0 Å². The number of nitrogens with zero attached hydrogens (tertiary/aromatic N) is 2. The van der Waals surface area contributed by atoms with Crippen molar-refractivity contribution in [1.29, 1.82) is 0 Å².